The van der Waals surface area contributed by atoms with Crippen molar-refractivity contribution in [3.63, 3.8) is 0 Å². The molecule has 160 valence electrons. The highest BCUT2D eigenvalue weighted by atomic mass is 16.5. The van der Waals surface area contributed by atoms with E-state index >= 15 is 0 Å². The highest BCUT2D eigenvalue weighted by molar-refractivity contribution is 5.94. The number of likely N-dealkylation sites (tertiary alicyclic amines) is 1. The van der Waals surface area contributed by atoms with Crippen LogP contribution >= 0.6 is 0 Å². The van der Waals surface area contributed by atoms with E-state index in [1.807, 2.05) is 48.5 Å². The first-order chi connectivity index (χ1) is 14.3. The molecule has 2 N–H and O–H groups in total. The first-order valence-corrected chi connectivity index (χ1v) is 10.4. The fraction of sp³-hybridized carbons (Fsp3) is 0.417. The molecular weight excluding hydrogens is 378 g/mol. The molecule has 0 bridgehead atoms. The average molecular weight is 410 g/mol. The van der Waals surface area contributed by atoms with Crippen molar-refractivity contribution in [1.82, 2.24) is 4.90 Å². The maximum Gasteiger partial charge on any atom is 0.321 e. The third-order valence-corrected chi connectivity index (χ3v) is 5.50. The van der Waals surface area contributed by atoms with E-state index < -0.39 is 0 Å². The number of urea groups is 1. The van der Waals surface area contributed by atoms with Crippen molar-refractivity contribution in [2.45, 2.75) is 39.0 Å². The number of amides is 3. The number of carbonyl (C=O) groups excluding carboxylic acids is 2. The molecule has 0 aromatic heterocycles. The summed E-state index contributed by atoms with van der Waals surface area (Å²) < 4.78 is 5.43. The zero-order valence-electron chi connectivity index (χ0n) is 18.2. The molecule has 0 spiro atoms. The second-order valence-electron chi connectivity index (χ2n) is 8.71. The van der Waals surface area contributed by atoms with Crippen LogP contribution < -0.4 is 15.4 Å². The molecule has 2 aromatic carbocycles. The molecule has 0 aliphatic carbocycles. The summed E-state index contributed by atoms with van der Waals surface area (Å²) in [5, 5.41) is 5.95. The fourth-order valence-electron chi connectivity index (χ4n) is 3.58. The van der Waals surface area contributed by atoms with Gasteiger partial charge >= 0.3 is 6.03 Å². The molecule has 1 saturated heterocycles. The molecule has 1 heterocycles. The molecule has 0 atom stereocenters. The molecule has 1 fully saturated rings. The van der Waals surface area contributed by atoms with Gasteiger partial charge in [-0.2, -0.15) is 0 Å². The first kappa shape index (κ1) is 21.7. The van der Waals surface area contributed by atoms with Gasteiger partial charge < -0.3 is 20.3 Å². The maximum atomic E-state index is 12.9. The molecular formula is C24H31N3O3. The Balaban J connectivity index is 1.58. The van der Waals surface area contributed by atoms with E-state index in [-0.39, 0.29) is 23.3 Å². The number of methoxy groups -OCH3 is 1. The van der Waals surface area contributed by atoms with Crippen LogP contribution in [0.15, 0.2) is 48.5 Å². The lowest BCUT2D eigenvalue weighted by Gasteiger charge is -2.31. The average Bonchev–Trinajstić information content (AvgIpc) is 2.74. The number of carbonyl (C=O) groups is 2. The van der Waals surface area contributed by atoms with E-state index in [9.17, 15) is 9.59 Å². The number of para-hydroxylation sites is 1. The third-order valence-electron chi connectivity index (χ3n) is 5.50. The van der Waals surface area contributed by atoms with Gasteiger partial charge in [-0.25, -0.2) is 4.79 Å². The molecule has 0 saturated carbocycles. The summed E-state index contributed by atoms with van der Waals surface area (Å²) in [4.78, 5) is 27.1. The smallest absolute Gasteiger partial charge is 0.321 e. The van der Waals surface area contributed by atoms with Crippen LogP contribution in [0, 0.1) is 5.92 Å². The Bertz CT molecular complexity index is 882. The van der Waals surface area contributed by atoms with Gasteiger partial charge in [0.2, 0.25) is 5.91 Å². The zero-order chi connectivity index (χ0) is 21.7. The summed E-state index contributed by atoms with van der Waals surface area (Å²) in [6.45, 7) is 7.51. The van der Waals surface area contributed by atoms with Crippen LogP contribution in [0.25, 0.3) is 0 Å². The van der Waals surface area contributed by atoms with Gasteiger partial charge in [0.05, 0.1) is 12.8 Å². The van der Waals surface area contributed by atoms with Crippen molar-refractivity contribution >= 4 is 23.3 Å². The van der Waals surface area contributed by atoms with Crippen molar-refractivity contribution in [3.05, 3.63) is 54.1 Å². The van der Waals surface area contributed by atoms with Crippen molar-refractivity contribution < 1.29 is 14.3 Å². The van der Waals surface area contributed by atoms with Crippen LogP contribution in [0.4, 0.5) is 16.2 Å². The summed E-state index contributed by atoms with van der Waals surface area (Å²) >= 11 is 0. The lowest BCUT2D eigenvalue weighted by Crippen LogP contribution is -2.43. The predicted octanol–water partition coefficient (Wildman–Crippen LogP) is 4.88. The van der Waals surface area contributed by atoms with E-state index in [0.29, 0.717) is 37.4 Å². The fourth-order valence-corrected chi connectivity index (χ4v) is 3.58. The monoisotopic (exact) mass is 409 g/mol. The normalized spacial score (nSPS) is 14.9. The van der Waals surface area contributed by atoms with E-state index in [2.05, 4.69) is 31.4 Å². The summed E-state index contributed by atoms with van der Waals surface area (Å²) in [5.74, 6) is 0.493. The lowest BCUT2D eigenvalue weighted by atomic mass is 9.86. The highest BCUT2D eigenvalue weighted by Crippen LogP contribution is 2.32. The second kappa shape index (κ2) is 9.20. The van der Waals surface area contributed by atoms with Gasteiger partial charge in [0.15, 0.2) is 0 Å². The Labute approximate surface area is 178 Å². The van der Waals surface area contributed by atoms with Gasteiger partial charge in [-0.15, -0.1) is 0 Å². The quantitative estimate of drug-likeness (QED) is 0.756. The van der Waals surface area contributed by atoms with Gasteiger partial charge in [0.1, 0.15) is 5.75 Å². The number of nitrogens with zero attached hydrogens (tertiary/aromatic N) is 1. The van der Waals surface area contributed by atoms with E-state index in [1.54, 1.807) is 12.0 Å². The Morgan fingerprint density at radius 2 is 1.67 bits per heavy atom. The van der Waals surface area contributed by atoms with Gasteiger partial charge in [0, 0.05) is 24.7 Å². The second-order valence-corrected chi connectivity index (χ2v) is 8.71. The molecule has 30 heavy (non-hydrogen) atoms. The standard InChI is InChI=1S/C24H31N3O3/c1-24(2,3)18-10-11-21(30-4)20(16-18)26-22(28)17-12-14-27(15-13-17)23(29)25-19-8-6-5-7-9-19/h5-11,16-17H,12-15H2,1-4H3,(H,25,29)(H,26,28). The van der Waals surface area contributed by atoms with E-state index in [4.69, 9.17) is 4.74 Å². The van der Waals surface area contributed by atoms with Gasteiger partial charge in [-0.1, -0.05) is 45.0 Å². The molecule has 0 unspecified atom stereocenters. The molecule has 3 rings (SSSR count). The number of hydrogen-bond acceptors (Lipinski definition) is 3. The van der Waals surface area contributed by atoms with E-state index in [0.717, 1.165) is 11.3 Å². The van der Waals surface area contributed by atoms with Gasteiger partial charge in [-0.3, -0.25) is 4.79 Å². The Morgan fingerprint density at radius 1 is 1.00 bits per heavy atom. The summed E-state index contributed by atoms with van der Waals surface area (Å²) in [5.41, 5.74) is 2.57. The number of piperidine rings is 1. The van der Waals surface area contributed by atoms with Crippen LogP contribution in [0.3, 0.4) is 0 Å². The van der Waals surface area contributed by atoms with Crippen LogP contribution in [0.2, 0.25) is 0 Å². The largest absolute Gasteiger partial charge is 0.495 e. The number of benzene rings is 2. The molecule has 6 nitrogen and oxygen atoms in total. The van der Waals surface area contributed by atoms with Crippen LogP contribution in [-0.4, -0.2) is 37.0 Å². The predicted molar refractivity (Wildman–Crippen MR) is 120 cm³/mol. The Kier molecular flexibility index (Phi) is 6.65. The zero-order valence-corrected chi connectivity index (χ0v) is 18.2. The molecule has 1 aliphatic rings. The maximum absolute atomic E-state index is 12.9. The number of hydrogen-bond donors (Lipinski definition) is 2. The van der Waals surface area contributed by atoms with Gasteiger partial charge in [-0.05, 0) is 48.1 Å². The molecule has 0 radical (unpaired) electrons. The minimum absolute atomic E-state index is 0.0246. The number of nitrogens with one attached hydrogen (secondary N) is 2. The molecule has 1 aliphatic heterocycles. The molecule has 2 aromatic rings. The van der Waals surface area contributed by atoms with Gasteiger partial charge in [0.25, 0.3) is 0 Å². The number of rotatable bonds is 4. The van der Waals surface area contributed by atoms with Crippen molar-refractivity contribution in [2.24, 2.45) is 5.92 Å². The van der Waals surface area contributed by atoms with E-state index in [1.165, 1.54) is 0 Å². The van der Waals surface area contributed by atoms with Crippen LogP contribution in [0.1, 0.15) is 39.2 Å². The molecule has 6 heteroatoms. The number of anilines is 2. The Morgan fingerprint density at radius 3 is 2.27 bits per heavy atom. The highest BCUT2D eigenvalue weighted by Gasteiger charge is 2.28. The topological polar surface area (TPSA) is 70.7 Å². The number of ether oxygens (including phenoxy) is 1. The van der Waals surface area contributed by atoms with Crippen LogP contribution in [-0.2, 0) is 10.2 Å². The molecule has 3 amide bonds. The third kappa shape index (κ3) is 5.32. The summed E-state index contributed by atoms with van der Waals surface area (Å²) in [7, 11) is 1.60. The first-order valence-electron chi connectivity index (χ1n) is 10.4. The summed E-state index contributed by atoms with van der Waals surface area (Å²) in [6.07, 6.45) is 1.27. The van der Waals surface area contributed by atoms with Crippen molar-refractivity contribution in [2.75, 3.05) is 30.8 Å². The lowest BCUT2D eigenvalue weighted by molar-refractivity contribution is -0.121. The Hall–Kier alpha value is -3.02. The SMILES string of the molecule is COc1ccc(C(C)(C)C)cc1NC(=O)C1CCN(C(=O)Nc2ccccc2)CC1. The van der Waals surface area contributed by atoms with Crippen molar-refractivity contribution in [3.8, 4) is 5.75 Å². The van der Waals surface area contributed by atoms with Crippen LogP contribution in [0.5, 0.6) is 5.75 Å². The summed E-state index contributed by atoms with van der Waals surface area (Å²) in [6, 6.07) is 15.2. The minimum Gasteiger partial charge on any atom is -0.495 e. The minimum atomic E-state index is -0.131. The van der Waals surface area contributed by atoms with Crippen molar-refractivity contribution in [1.29, 1.82) is 0 Å².